The first-order valence-electron chi connectivity index (χ1n) is 5.48. The van der Waals surface area contributed by atoms with Gasteiger partial charge < -0.3 is 20.3 Å². The zero-order chi connectivity index (χ0) is 12.7. The van der Waals surface area contributed by atoms with Crippen LogP contribution in [-0.2, 0) is 6.42 Å². The van der Waals surface area contributed by atoms with Crippen molar-refractivity contribution in [3.63, 3.8) is 0 Å². The Hall–Kier alpha value is -0.810. The summed E-state index contributed by atoms with van der Waals surface area (Å²) in [6.45, 7) is 0.498. The maximum atomic E-state index is 8.88. The summed E-state index contributed by atoms with van der Waals surface area (Å²) in [5.41, 5.74) is 1.01. The van der Waals surface area contributed by atoms with Crippen LogP contribution in [0.25, 0.3) is 0 Å². The molecule has 0 amide bonds. The molecule has 1 aromatic rings. The van der Waals surface area contributed by atoms with Gasteiger partial charge in [0.2, 0.25) is 0 Å². The van der Waals surface area contributed by atoms with E-state index in [0.29, 0.717) is 11.6 Å². The van der Waals surface area contributed by atoms with Crippen LogP contribution in [0, 0.1) is 0 Å². The van der Waals surface area contributed by atoms with Gasteiger partial charge in [0, 0.05) is 5.02 Å². The van der Waals surface area contributed by atoms with Crippen molar-refractivity contribution in [1.82, 2.24) is 5.32 Å². The average Bonchev–Trinajstić information content (AvgIpc) is 2.36. The standard InChI is InChI=1S/C12H18ClNO3/c1-17-11-3-2-9(12(13)6-11)4-5-14-10(7-15)8-16/h2-3,6,10,14-16H,4-5,7-8H2,1H3. The van der Waals surface area contributed by atoms with Gasteiger partial charge in [0.05, 0.1) is 26.4 Å². The number of aliphatic hydroxyl groups excluding tert-OH is 2. The van der Waals surface area contributed by atoms with Gasteiger partial charge in [-0.05, 0) is 30.7 Å². The third-order valence-corrected chi connectivity index (χ3v) is 2.88. The van der Waals surface area contributed by atoms with Gasteiger partial charge >= 0.3 is 0 Å². The van der Waals surface area contributed by atoms with Crippen molar-refractivity contribution >= 4 is 11.6 Å². The number of aliphatic hydroxyl groups is 2. The first-order valence-corrected chi connectivity index (χ1v) is 5.86. The summed E-state index contributed by atoms with van der Waals surface area (Å²) < 4.78 is 5.06. The summed E-state index contributed by atoms with van der Waals surface area (Å²) in [6, 6.07) is 5.27. The largest absolute Gasteiger partial charge is 0.497 e. The van der Waals surface area contributed by atoms with Crippen LogP contribution in [0.5, 0.6) is 5.75 Å². The number of nitrogens with one attached hydrogen (secondary N) is 1. The van der Waals surface area contributed by atoms with Gasteiger partial charge in [-0.2, -0.15) is 0 Å². The molecule has 5 heteroatoms. The van der Waals surface area contributed by atoms with Crippen molar-refractivity contribution in [3.05, 3.63) is 28.8 Å². The molecule has 0 saturated heterocycles. The van der Waals surface area contributed by atoms with E-state index in [0.717, 1.165) is 17.7 Å². The van der Waals surface area contributed by atoms with Crippen molar-refractivity contribution in [2.24, 2.45) is 0 Å². The molecule has 0 saturated carbocycles. The summed E-state index contributed by atoms with van der Waals surface area (Å²) in [7, 11) is 1.60. The van der Waals surface area contributed by atoms with Crippen LogP contribution in [-0.4, -0.2) is 43.1 Å². The number of methoxy groups -OCH3 is 1. The topological polar surface area (TPSA) is 61.7 Å². The van der Waals surface area contributed by atoms with E-state index < -0.39 is 0 Å². The van der Waals surface area contributed by atoms with E-state index in [4.69, 9.17) is 26.6 Å². The predicted molar refractivity (Wildman–Crippen MR) is 67.7 cm³/mol. The van der Waals surface area contributed by atoms with E-state index >= 15 is 0 Å². The monoisotopic (exact) mass is 259 g/mol. The molecule has 0 fully saturated rings. The summed E-state index contributed by atoms with van der Waals surface area (Å²) >= 11 is 6.08. The molecule has 0 heterocycles. The Morgan fingerprint density at radius 1 is 1.35 bits per heavy atom. The summed E-state index contributed by atoms with van der Waals surface area (Å²) in [4.78, 5) is 0. The van der Waals surface area contributed by atoms with Gasteiger partial charge in [-0.3, -0.25) is 0 Å². The second kappa shape index (κ2) is 7.50. The van der Waals surface area contributed by atoms with E-state index in [1.54, 1.807) is 13.2 Å². The normalized spacial score (nSPS) is 10.9. The summed E-state index contributed by atoms with van der Waals surface area (Å²) in [6.07, 6.45) is 0.735. The minimum atomic E-state index is -0.271. The maximum Gasteiger partial charge on any atom is 0.120 e. The molecule has 4 nitrogen and oxygen atoms in total. The maximum absolute atomic E-state index is 8.88. The van der Waals surface area contributed by atoms with Crippen LogP contribution in [0.15, 0.2) is 18.2 Å². The molecule has 0 radical (unpaired) electrons. The number of rotatable bonds is 7. The minimum Gasteiger partial charge on any atom is -0.497 e. The molecule has 1 rings (SSSR count). The molecule has 0 spiro atoms. The van der Waals surface area contributed by atoms with Gasteiger partial charge in [0.15, 0.2) is 0 Å². The number of ether oxygens (including phenoxy) is 1. The second-order valence-electron chi connectivity index (χ2n) is 3.72. The Bertz CT molecular complexity index is 343. The van der Waals surface area contributed by atoms with E-state index in [1.165, 1.54) is 0 Å². The highest BCUT2D eigenvalue weighted by Gasteiger charge is 2.06. The average molecular weight is 260 g/mol. The lowest BCUT2D eigenvalue weighted by atomic mass is 10.1. The Balaban J connectivity index is 2.46. The van der Waals surface area contributed by atoms with E-state index in [-0.39, 0.29) is 19.3 Å². The Kier molecular flexibility index (Phi) is 6.29. The molecular formula is C12H18ClNO3. The second-order valence-corrected chi connectivity index (χ2v) is 4.13. The van der Waals surface area contributed by atoms with E-state index in [9.17, 15) is 0 Å². The smallest absolute Gasteiger partial charge is 0.120 e. The molecule has 0 unspecified atom stereocenters. The quantitative estimate of drug-likeness (QED) is 0.679. The first-order chi connectivity index (χ1) is 8.21. The van der Waals surface area contributed by atoms with Crippen molar-refractivity contribution < 1.29 is 14.9 Å². The third kappa shape index (κ3) is 4.52. The molecule has 0 aliphatic carbocycles. The Morgan fingerprint density at radius 2 is 2.06 bits per heavy atom. The van der Waals surface area contributed by atoms with Gasteiger partial charge in [0.1, 0.15) is 5.75 Å². The van der Waals surface area contributed by atoms with Crippen molar-refractivity contribution in [3.8, 4) is 5.75 Å². The Morgan fingerprint density at radius 3 is 2.59 bits per heavy atom. The molecule has 0 bridgehead atoms. The summed E-state index contributed by atoms with van der Waals surface area (Å²) in [5.74, 6) is 0.732. The zero-order valence-electron chi connectivity index (χ0n) is 9.82. The highest BCUT2D eigenvalue weighted by molar-refractivity contribution is 6.31. The van der Waals surface area contributed by atoms with Crippen LogP contribution < -0.4 is 10.1 Å². The van der Waals surface area contributed by atoms with Crippen molar-refractivity contribution in [2.45, 2.75) is 12.5 Å². The lowest BCUT2D eigenvalue weighted by Gasteiger charge is -2.13. The first kappa shape index (κ1) is 14.3. The van der Waals surface area contributed by atoms with Gasteiger partial charge in [0.25, 0.3) is 0 Å². The molecule has 17 heavy (non-hydrogen) atoms. The fourth-order valence-electron chi connectivity index (χ4n) is 1.46. The number of benzene rings is 1. The Labute approximate surface area is 106 Å². The molecule has 3 N–H and O–H groups in total. The third-order valence-electron chi connectivity index (χ3n) is 2.53. The van der Waals surface area contributed by atoms with Gasteiger partial charge in [-0.25, -0.2) is 0 Å². The molecule has 0 atom stereocenters. The molecule has 0 aliphatic heterocycles. The van der Waals surface area contributed by atoms with Crippen LogP contribution in [0.2, 0.25) is 5.02 Å². The fourth-order valence-corrected chi connectivity index (χ4v) is 1.72. The SMILES string of the molecule is COc1ccc(CCNC(CO)CO)c(Cl)c1. The molecule has 0 aromatic heterocycles. The highest BCUT2D eigenvalue weighted by Crippen LogP contribution is 2.22. The highest BCUT2D eigenvalue weighted by atomic mass is 35.5. The molecular weight excluding hydrogens is 242 g/mol. The van der Waals surface area contributed by atoms with Crippen LogP contribution in [0.4, 0.5) is 0 Å². The lowest BCUT2D eigenvalue weighted by Crippen LogP contribution is -2.36. The molecule has 0 aliphatic rings. The molecule has 1 aromatic carbocycles. The van der Waals surface area contributed by atoms with Crippen LogP contribution >= 0.6 is 11.6 Å². The fraction of sp³-hybridized carbons (Fsp3) is 0.500. The van der Waals surface area contributed by atoms with Crippen molar-refractivity contribution in [2.75, 3.05) is 26.9 Å². The van der Waals surface area contributed by atoms with E-state index in [2.05, 4.69) is 5.32 Å². The molecule has 96 valence electrons. The zero-order valence-corrected chi connectivity index (χ0v) is 10.6. The van der Waals surface area contributed by atoms with E-state index in [1.807, 2.05) is 12.1 Å². The van der Waals surface area contributed by atoms with Gasteiger partial charge in [-0.1, -0.05) is 17.7 Å². The number of halogens is 1. The number of hydrogen-bond acceptors (Lipinski definition) is 4. The van der Waals surface area contributed by atoms with Gasteiger partial charge in [-0.15, -0.1) is 0 Å². The van der Waals surface area contributed by atoms with Crippen LogP contribution in [0.3, 0.4) is 0 Å². The number of hydrogen-bond donors (Lipinski definition) is 3. The van der Waals surface area contributed by atoms with Crippen molar-refractivity contribution in [1.29, 1.82) is 0 Å². The minimum absolute atomic E-state index is 0.0765. The van der Waals surface area contributed by atoms with Crippen LogP contribution in [0.1, 0.15) is 5.56 Å². The lowest BCUT2D eigenvalue weighted by molar-refractivity contribution is 0.171. The predicted octanol–water partition coefficient (Wildman–Crippen LogP) is 0.834. The summed E-state index contributed by atoms with van der Waals surface area (Å²) in [5, 5.41) is 21.5.